The fourth-order valence-corrected chi connectivity index (χ4v) is 1.10. The van der Waals surface area contributed by atoms with Gasteiger partial charge in [0.15, 0.2) is 6.29 Å². The van der Waals surface area contributed by atoms with Crippen molar-refractivity contribution < 1.29 is 9.90 Å². The van der Waals surface area contributed by atoms with Crippen LogP contribution >= 0.6 is 11.6 Å². The lowest BCUT2D eigenvalue weighted by Gasteiger charge is -2.18. The third-order valence-corrected chi connectivity index (χ3v) is 1.94. The first-order chi connectivity index (χ1) is 6.94. The van der Waals surface area contributed by atoms with Crippen LogP contribution in [-0.4, -0.2) is 33.5 Å². The maximum Gasteiger partial charge on any atom is 0.156 e. The summed E-state index contributed by atoms with van der Waals surface area (Å²) in [6, 6.07) is 0. The van der Waals surface area contributed by atoms with Gasteiger partial charge < -0.3 is 10.4 Å². The summed E-state index contributed by atoms with van der Waals surface area (Å²) in [5.74, 6) is 0.326. The van der Waals surface area contributed by atoms with Crippen LogP contribution in [0.2, 0.25) is 5.15 Å². The van der Waals surface area contributed by atoms with Gasteiger partial charge in [0.25, 0.3) is 0 Å². The Hall–Kier alpha value is -1.20. The standard InChI is InChI=1S/C9H12ClN3O2/c1-9(2,15)4-11-8-6(3-14)7(10)12-5-13-8/h3,5,15H,4H2,1-2H3,(H,11,12,13). The molecule has 0 aliphatic heterocycles. The summed E-state index contributed by atoms with van der Waals surface area (Å²) in [5, 5.41) is 12.4. The van der Waals surface area contributed by atoms with Crippen LogP contribution in [0.1, 0.15) is 24.2 Å². The highest BCUT2D eigenvalue weighted by Gasteiger charge is 2.14. The van der Waals surface area contributed by atoms with Crippen molar-refractivity contribution in [3.63, 3.8) is 0 Å². The molecular formula is C9H12ClN3O2. The van der Waals surface area contributed by atoms with E-state index >= 15 is 0 Å². The van der Waals surface area contributed by atoms with Crippen molar-refractivity contribution in [2.24, 2.45) is 0 Å². The van der Waals surface area contributed by atoms with Crippen molar-refractivity contribution in [3.8, 4) is 0 Å². The first-order valence-corrected chi connectivity index (χ1v) is 4.74. The van der Waals surface area contributed by atoms with Crippen LogP contribution in [-0.2, 0) is 0 Å². The summed E-state index contributed by atoms with van der Waals surface area (Å²) in [6.45, 7) is 3.55. The smallest absolute Gasteiger partial charge is 0.156 e. The first kappa shape index (κ1) is 11.9. The normalized spacial score (nSPS) is 11.2. The number of aliphatic hydroxyl groups is 1. The summed E-state index contributed by atoms with van der Waals surface area (Å²) in [7, 11) is 0. The minimum absolute atomic E-state index is 0.0956. The second kappa shape index (κ2) is 4.55. The number of hydrogen-bond donors (Lipinski definition) is 2. The molecular weight excluding hydrogens is 218 g/mol. The van der Waals surface area contributed by atoms with Gasteiger partial charge in [-0.25, -0.2) is 9.97 Å². The van der Waals surface area contributed by atoms with E-state index < -0.39 is 5.60 Å². The summed E-state index contributed by atoms with van der Waals surface area (Å²) < 4.78 is 0. The van der Waals surface area contributed by atoms with E-state index in [4.69, 9.17) is 11.6 Å². The molecule has 0 aromatic carbocycles. The van der Waals surface area contributed by atoms with Gasteiger partial charge in [-0.2, -0.15) is 0 Å². The van der Waals surface area contributed by atoms with Gasteiger partial charge in [0, 0.05) is 6.54 Å². The average Bonchev–Trinajstić information content (AvgIpc) is 2.13. The van der Waals surface area contributed by atoms with E-state index in [0.717, 1.165) is 0 Å². The Morgan fingerprint density at radius 1 is 1.60 bits per heavy atom. The molecule has 0 amide bonds. The highest BCUT2D eigenvalue weighted by atomic mass is 35.5. The zero-order chi connectivity index (χ0) is 11.5. The van der Waals surface area contributed by atoms with Crippen LogP contribution in [0.5, 0.6) is 0 Å². The molecule has 0 bridgehead atoms. The summed E-state index contributed by atoms with van der Waals surface area (Å²) in [4.78, 5) is 18.2. The highest BCUT2D eigenvalue weighted by molar-refractivity contribution is 6.32. The third kappa shape index (κ3) is 3.45. The number of rotatable bonds is 4. The molecule has 0 unspecified atom stereocenters. The van der Waals surface area contributed by atoms with E-state index in [2.05, 4.69) is 15.3 Å². The molecule has 82 valence electrons. The third-order valence-electron chi connectivity index (χ3n) is 1.64. The number of nitrogens with zero attached hydrogens (tertiary/aromatic N) is 2. The second-order valence-electron chi connectivity index (χ2n) is 3.71. The van der Waals surface area contributed by atoms with Gasteiger partial charge in [0.05, 0.1) is 11.2 Å². The van der Waals surface area contributed by atoms with Crippen molar-refractivity contribution in [1.82, 2.24) is 9.97 Å². The number of halogens is 1. The number of carbonyl (C=O) groups is 1. The van der Waals surface area contributed by atoms with E-state index in [1.165, 1.54) is 6.33 Å². The average molecular weight is 230 g/mol. The Kier molecular flexibility index (Phi) is 3.60. The Morgan fingerprint density at radius 2 is 2.27 bits per heavy atom. The number of aromatic nitrogens is 2. The molecule has 1 aromatic rings. The van der Waals surface area contributed by atoms with Crippen LogP contribution in [0.15, 0.2) is 6.33 Å². The molecule has 0 saturated heterocycles. The molecule has 1 aromatic heterocycles. The molecule has 5 nitrogen and oxygen atoms in total. The largest absolute Gasteiger partial charge is 0.389 e. The Bertz CT molecular complexity index is 363. The molecule has 0 spiro atoms. The lowest BCUT2D eigenvalue weighted by Crippen LogP contribution is -2.30. The number of anilines is 1. The van der Waals surface area contributed by atoms with E-state index in [1.807, 2.05) is 0 Å². The predicted molar refractivity (Wildman–Crippen MR) is 57.2 cm³/mol. The summed E-state index contributed by atoms with van der Waals surface area (Å²) in [6.07, 6.45) is 1.83. The molecule has 0 saturated carbocycles. The van der Waals surface area contributed by atoms with Gasteiger partial charge >= 0.3 is 0 Å². The van der Waals surface area contributed by atoms with Crippen LogP contribution < -0.4 is 5.32 Å². The maximum absolute atomic E-state index is 10.7. The van der Waals surface area contributed by atoms with E-state index in [9.17, 15) is 9.90 Å². The van der Waals surface area contributed by atoms with Gasteiger partial charge in [-0.05, 0) is 13.8 Å². The van der Waals surface area contributed by atoms with Crippen molar-refractivity contribution in [3.05, 3.63) is 17.0 Å². The molecule has 6 heteroatoms. The fraction of sp³-hybridized carbons (Fsp3) is 0.444. The first-order valence-electron chi connectivity index (χ1n) is 4.36. The predicted octanol–water partition coefficient (Wildman–Crippen LogP) is 1.13. The molecule has 1 heterocycles. The molecule has 0 aliphatic carbocycles. The van der Waals surface area contributed by atoms with Crippen LogP contribution in [0, 0.1) is 0 Å². The molecule has 0 atom stereocenters. The quantitative estimate of drug-likeness (QED) is 0.598. The fourth-order valence-electron chi connectivity index (χ4n) is 0.919. The minimum Gasteiger partial charge on any atom is -0.389 e. The molecule has 15 heavy (non-hydrogen) atoms. The van der Waals surface area contributed by atoms with Gasteiger partial charge in [0.2, 0.25) is 0 Å². The zero-order valence-electron chi connectivity index (χ0n) is 8.49. The van der Waals surface area contributed by atoms with Crippen LogP contribution in [0.3, 0.4) is 0 Å². The van der Waals surface area contributed by atoms with Crippen molar-refractivity contribution in [2.45, 2.75) is 19.4 Å². The van der Waals surface area contributed by atoms with Crippen LogP contribution in [0.4, 0.5) is 5.82 Å². The SMILES string of the molecule is CC(C)(O)CNc1ncnc(Cl)c1C=O. The maximum atomic E-state index is 10.7. The molecule has 0 fully saturated rings. The summed E-state index contributed by atoms with van der Waals surface area (Å²) in [5.41, 5.74) is -0.694. The monoisotopic (exact) mass is 229 g/mol. The molecule has 1 rings (SSSR count). The van der Waals surface area contributed by atoms with Gasteiger partial charge in [-0.15, -0.1) is 0 Å². The Labute approximate surface area is 92.5 Å². The minimum atomic E-state index is -0.891. The lowest BCUT2D eigenvalue weighted by atomic mass is 10.1. The Morgan fingerprint density at radius 3 is 2.80 bits per heavy atom. The van der Waals surface area contributed by atoms with Crippen molar-refractivity contribution >= 4 is 23.7 Å². The molecule has 2 N–H and O–H groups in total. The number of aldehydes is 1. The Balaban J connectivity index is 2.85. The van der Waals surface area contributed by atoms with Crippen molar-refractivity contribution in [1.29, 1.82) is 0 Å². The number of carbonyl (C=O) groups excluding carboxylic acids is 1. The lowest BCUT2D eigenvalue weighted by molar-refractivity contribution is 0.0942. The molecule has 0 radical (unpaired) electrons. The van der Waals surface area contributed by atoms with E-state index in [0.29, 0.717) is 12.1 Å². The summed E-state index contributed by atoms with van der Waals surface area (Å²) >= 11 is 5.69. The highest BCUT2D eigenvalue weighted by Crippen LogP contribution is 2.17. The van der Waals surface area contributed by atoms with Crippen molar-refractivity contribution in [2.75, 3.05) is 11.9 Å². The van der Waals surface area contributed by atoms with Crippen LogP contribution in [0.25, 0.3) is 0 Å². The second-order valence-corrected chi connectivity index (χ2v) is 4.07. The van der Waals surface area contributed by atoms with E-state index in [-0.39, 0.29) is 17.3 Å². The molecule has 0 aliphatic rings. The topological polar surface area (TPSA) is 75.1 Å². The van der Waals surface area contributed by atoms with E-state index in [1.54, 1.807) is 13.8 Å². The number of nitrogens with one attached hydrogen (secondary N) is 1. The van der Waals surface area contributed by atoms with Gasteiger partial charge in [0.1, 0.15) is 17.3 Å². The van der Waals surface area contributed by atoms with Gasteiger partial charge in [-0.1, -0.05) is 11.6 Å². The van der Waals surface area contributed by atoms with Gasteiger partial charge in [-0.3, -0.25) is 4.79 Å². The zero-order valence-corrected chi connectivity index (χ0v) is 9.25. The number of hydrogen-bond acceptors (Lipinski definition) is 5.